The van der Waals surface area contributed by atoms with Gasteiger partial charge >= 0.3 is 0 Å². The van der Waals surface area contributed by atoms with Crippen LogP contribution in [0.1, 0.15) is 6.92 Å². The van der Waals surface area contributed by atoms with Crippen molar-refractivity contribution < 1.29 is 79.2 Å². The molecule has 2 aliphatic heterocycles. The van der Waals surface area contributed by atoms with E-state index in [4.69, 9.17) is 28.1 Å². The number of hydrogen-bond acceptors (Lipinski definition) is 17. The van der Waals surface area contributed by atoms with E-state index in [1.54, 1.807) is 0 Å². The summed E-state index contributed by atoms with van der Waals surface area (Å²) in [5.41, 5.74) is -1.82. The van der Waals surface area contributed by atoms with Crippen LogP contribution in [0.5, 0.6) is 34.5 Å². The minimum atomic E-state index is -1.95. The second-order valence-corrected chi connectivity index (χ2v) is 10.5. The Kier molecular flexibility index (Phi) is 9.00. The number of phenols is 3. The van der Waals surface area contributed by atoms with Crippen LogP contribution in [0.15, 0.2) is 33.5 Å². The molecule has 17 nitrogen and oxygen atoms in total. The zero-order chi connectivity index (χ0) is 32.9. The Balaban J connectivity index is 1.66. The number of aromatic hydroxyl groups is 3. The third kappa shape index (κ3) is 5.69. The molecule has 2 aromatic carbocycles. The lowest BCUT2D eigenvalue weighted by Gasteiger charge is -2.39. The van der Waals surface area contributed by atoms with Crippen LogP contribution in [-0.2, 0) is 9.47 Å². The van der Waals surface area contributed by atoms with E-state index in [0.29, 0.717) is 0 Å². The summed E-state index contributed by atoms with van der Waals surface area (Å²) in [7, 11) is 1.24. The van der Waals surface area contributed by atoms with Gasteiger partial charge in [-0.25, -0.2) is 0 Å². The molecule has 0 amide bonds. The van der Waals surface area contributed by atoms with Gasteiger partial charge in [0.05, 0.1) is 19.8 Å². The SMILES string of the molecule is COc1cc(-c2oc3c(O)c(O[C@@H]4O[C@@H](C)[C@H](O)[C@@H](O)[C@H]4O)cc(O)c3c(=O)c2O[C@@H]2O[C@H](CO)[C@@H](O)[C@H](O)[C@H]2O)ccc1O. The number of fused-ring (bicyclic) bond motifs is 1. The summed E-state index contributed by atoms with van der Waals surface area (Å²) in [5.74, 6) is -3.88. The van der Waals surface area contributed by atoms with Gasteiger partial charge < -0.3 is 79.2 Å². The fraction of sp³-hybridized carbons (Fsp3) is 0.464. The van der Waals surface area contributed by atoms with Gasteiger partial charge in [-0.15, -0.1) is 0 Å². The molecule has 0 radical (unpaired) electrons. The standard InChI is InChI=1S/C28H32O17/c1-8-16(32)20(36)22(38)27(41-8)42-13-6-11(31)15-19(35)26(45-28-23(39)21(37)17(33)14(7-29)43-28)24(44-25(15)18(13)34)9-3-4-10(30)12(5-9)40-2/h3-6,8,14,16-17,20-23,27-34,36-39H,7H2,1-2H3/t8-,14+,16-,17+,20+,21-,22+,23+,27-,28-/m0/s1. The summed E-state index contributed by atoms with van der Waals surface area (Å²) in [6, 6.07) is 4.44. The Labute approximate surface area is 252 Å². The maximum Gasteiger partial charge on any atom is 0.239 e. The molecule has 45 heavy (non-hydrogen) atoms. The van der Waals surface area contributed by atoms with Crippen molar-refractivity contribution in [2.75, 3.05) is 13.7 Å². The van der Waals surface area contributed by atoms with E-state index < -0.39 is 113 Å². The molecule has 0 bridgehead atoms. The minimum absolute atomic E-state index is 0.00887. The smallest absolute Gasteiger partial charge is 0.239 e. The third-order valence-electron chi connectivity index (χ3n) is 7.62. The second-order valence-electron chi connectivity index (χ2n) is 10.5. The number of hydrogen-bond donors (Lipinski definition) is 10. The van der Waals surface area contributed by atoms with Crippen molar-refractivity contribution in [2.24, 2.45) is 0 Å². The summed E-state index contributed by atoms with van der Waals surface area (Å²) in [6.07, 6.45) is -16.4. The quantitative estimate of drug-likeness (QED) is 0.125. The maximum absolute atomic E-state index is 13.9. The number of aliphatic hydroxyl groups excluding tert-OH is 7. The van der Waals surface area contributed by atoms with Gasteiger partial charge in [-0.3, -0.25) is 4.79 Å². The average Bonchev–Trinajstić information content (AvgIpc) is 3.02. The van der Waals surface area contributed by atoms with Crippen molar-refractivity contribution in [3.8, 4) is 45.8 Å². The molecule has 0 saturated carbocycles. The summed E-state index contributed by atoms with van der Waals surface area (Å²) in [6.45, 7) is 0.590. The maximum atomic E-state index is 13.9. The molecule has 2 fully saturated rings. The minimum Gasteiger partial charge on any atom is -0.507 e. The van der Waals surface area contributed by atoms with E-state index in [2.05, 4.69) is 0 Å². The van der Waals surface area contributed by atoms with Gasteiger partial charge in [-0.05, 0) is 25.1 Å². The highest BCUT2D eigenvalue weighted by molar-refractivity contribution is 5.93. The van der Waals surface area contributed by atoms with Crippen molar-refractivity contribution in [1.29, 1.82) is 0 Å². The lowest BCUT2D eigenvalue weighted by atomic mass is 9.99. The molecule has 0 unspecified atom stereocenters. The molecule has 10 N–H and O–H groups in total. The lowest BCUT2D eigenvalue weighted by molar-refractivity contribution is -0.277. The number of phenolic OH excluding ortho intramolecular Hbond substituents is 3. The van der Waals surface area contributed by atoms with Gasteiger partial charge in [0.1, 0.15) is 53.9 Å². The van der Waals surface area contributed by atoms with E-state index in [1.807, 2.05) is 0 Å². The topological polar surface area (TPSA) is 279 Å². The summed E-state index contributed by atoms with van der Waals surface area (Å²) < 4.78 is 32.9. The van der Waals surface area contributed by atoms with Gasteiger partial charge in [0.25, 0.3) is 0 Å². The molecule has 3 aromatic rings. The highest BCUT2D eigenvalue weighted by Gasteiger charge is 2.46. The number of aliphatic hydroxyl groups is 7. The first-order valence-electron chi connectivity index (χ1n) is 13.6. The number of ether oxygens (including phenoxy) is 5. The molecule has 5 rings (SSSR count). The number of methoxy groups -OCH3 is 1. The van der Waals surface area contributed by atoms with E-state index in [1.165, 1.54) is 32.2 Å². The van der Waals surface area contributed by atoms with Crippen LogP contribution in [0.4, 0.5) is 0 Å². The van der Waals surface area contributed by atoms with E-state index in [9.17, 15) is 55.9 Å². The van der Waals surface area contributed by atoms with Crippen LogP contribution in [0.3, 0.4) is 0 Å². The number of benzene rings is 2. The second kappa shape index (κ2) is 12.5. The van der Waals surface area contributed by atoms with Crippen molar-refractivity contribution in [1.82, 2.24) is 0 Å². The number of rotatable bonds is 7. The lowest BCUT2D eigenvalue weighted by Crippen LogP contribution is -2.60. The van der Waals surface area contributed by atoms with Crippen molar-refractivity contribution in [3.05, 3.63) is 34.5 Å². The highest BCUT2D eigenvalue weighted by Crippen LogP contribution is 2.45. The fourth-order valence-corrected chi connectivity index (χ4v) is 5.02. The van der Waals surface area contributed by atoms with Crippen molar-refractivity contribution >= 4 is 11.0 Å². The normalized spacial score (nSPS) is 31.9. The molecule has 0 spiro atoms. The summed E-state index contributed by atoms with van der Waals surface area (Å²) in [4.78, 5) is 13.9. The molecule has 17 heteroatoms. The van der Waals surface area contributed by atoms with Crippen LogP contribution in [0.2, 0.25) is 0 Å². The average molecular weight is 641 g/mol. The molecule has 246 valence electrons. The van der Waals surface area contributed by atoms with Crippen LogP contribution >= 0.6 is 0 Å². The first kappa shape index (κ1) is 32.5. The fourth-order valence-electron chi connectivity index (χ4n) is 5.02. The van der Waals surface area contributed by atoms with Crippen molar-refractivity contribution in [2.45, 2.75) is 68.3 Å². The third-order valence-corrected chi connectivity index (χ3v) is 7.62. The summed E-state index contributed by atoms with van der Waals surface area (Å²) in [5, 5.41) is 102. The van der Waals surface area contributed by atoms with Crippen LogP contribution in [0, 0.1) is 0 Å². The monoisotopic (exact) mass is 640 g/mol. The van der Waals surface area contributed by atoms with Gasteiger partial charge in [0, 0.05) is 11.6 Å². The Morgan fingerprint density at radius 2 is 1.42 bits per heavy atom. The first-order valence-corrected chi connectivity index (χ1v) is 13.6. The predicted octanol–water partition coefficient (Wildman–Crippen LogP) is -2.03. The zero-order valence-corrected chi connectivity index (χ0v) is 23.6. The molecular weight excluding hydrogens is 608 g/mol. The van der Waals surface area contributed by atoms with Gasteiger partial charge in [0.2, 0.25) is 29.5 Å². The van der Waals surface area contributed by atoms with Gasteiger partial charge in [-0.1, -0.05) is 0 Å². The molecular formula is C28H32O17. The molecule has 0 aliphatic carbocycles. The van der Waals surface area contributed by atoms with E-state index in [-0.39, 0.29) is 17.1 Å². The molecule has 10 atom stereocenters. The van der Waals surface area contributed by atoms with Crippen LogP contribution in [-0.4, -0.2) is 126 Å². The molecule has 2 saturated heterocycles. The Bertz CT molecular complexity index is 1600. The van der Waals surface area contributed by atoms with Crippen molar-refractivity contribution in [3.63, 3.8) is 0 Å². The van der Waals surface area contributed by atoms with Gasteiger partial charge in [-0.2, -0.15) is 0 Å². The Morgan fingerprint density at radius 3 is 2.07 bits per heavy atom. The molecule has 2 aliphatic rings. The van der Waals surface area contributed by atoms with E-state index >= 15 is 0 Å². The molecule has 1 aromatic heterocycles. The largest absolute Gasteiger partial charge is 0.507 e. The highest BCUT2D eigenvalue weighted by atomic mass is 16.7. The summed E-state index contributed by atoms with van der Waals surface area (Å²) >= 11 is 0. The Morgan fingerprint density at radius 1 is 0.778 bits per heavy atom. The first-order chi connectivity index (χ1) is 21.3. The van der Waals surface area contributed by atoms with E-state index in [0.717, 1.165) is 6.07 Å². The van der Waals surface area contributed by atoms with Crippen LogP contribution in [0.25, 0.3) is 22.3 Å². The van der Waals surface area contributed by atoms with Gasteiger partial charge in [0.15, 0.2) is 28.6 Å². The Hall–Kier alpha value is -3.91. The predicted molar refractivity (Wildman–Crippen MR) is 147 cm³/mol. The molecule has 3 heterocycles. The zero-order valence-electron chi connectivity index (χ0n) is 23.6. The van der Waals surface area contributed by atoms with Crippen LogP contribution < -0.4 is 19.6 Å².